The van der Waals surface area contributed by atoms with E-state index in [-0.39, 0.29) is 23.3 Å². The Morgan fingerprint density at radius 3 is 1.69 bits per heavy atom. The monoisotopic (exact) mass is 816 g/mol. The molecule has 3 aliphatic rings. The molecule has 0 unspecified atom stereocenters. The Morgan fingerprint density at radius 1 is 0.655 bits per heavy atom. The van der Waals surface area contributed by atoms with E-state index in [4.69, 9.17) is 42.6 Å². The van der Waals surface area contributed by atoms with Crippen molar-refractivity contribution in [2.24, 2.45) is 17.3 Å². The summed E-state index contributed by atoms with van der Waals surface area (Å²) in [6.07, 6.45) is -11.3. The van der Waals surface area contributed by atoms with Crippen LogP contribution < -0.4 is 0 Å². The molecule has 1 saturated carbocycles. The van der Waals surface area contributed by atoms with E-state index in [0.717, 1.165) is 48.5 Å². The number of rotatable bonds is 9. The predicted octanol–water partition coefficient (Wildman–Crippen LogP) is 3.86. The molecule has 58 heavy (non-hydrogen) atoms. The van der Waals surface area contributed by atoms with Crippen molar-refractivity contribution < 1.29 is 81.0 Å². The van der Waals surface area contributed by atoms with E-state index in [2.05, 4.69) is 0 Å². The maximum Gasteiger partial charge on any atom is 0.338 e. The van der Waals surface area contributed by atoms with Gasteiger partial charge in [0.2, 0.25) is 0 Å². The van der Waals surface area contributed by atoms with Crippen LogP contribution in [0, 0.1) is 17.3 Å². The molecule has 2 aliphatic heterocycles. The first-order valence-electron chi connectivity index (χ1n) is 18.8. The Bertz CT molecular complexity index is 1850. The average molecular weight is 817 g/mol. The Kier molecular flexibility index (Phi) is 13.5. The minimum atomic E-state index is -2.32. The molecular formula is C41H52O17. The van der Waals surface area contributed by atoms with Crippen LogP contribution >= 0.6 is 0 Å². The molecule has 1 saturated heterocycles. The highest BCUT2D eigenvalue weighted by Gasteiger charge is 2.79. The van der Waals surface area contributed by atoms with Gasteiger partial charge in [0, 0.05) is 59.8 Å². The lowest BCUT2D eigenvalue weighted by Gasteiger charge is -2.59. The third-order valence-corrected chi connectivity index (χ3v) is 10.7. The van der Waals surface area contributed by atoms with E-state index >= 15 is 0 Å². The number of benzene rings is 1. The van der Waals surface area contributed by atoms with Crippen molar-refractivity contribution >= 4 is 47.8 Å². The molecule has 17 heteroatoms. The van der Waals surface area contributed by atoms with Gasteiger partial charge >= 0.3 is 47.8 Å². The summed E-state index contributed by atoms with van der Waals surface area (Å²) in [5.41, 5.74) is -5.72. The highest BCUT2D eigenvalue weighted by atomic mass is 16.7. The standard InChI is InChI=1S/C41H52O17/c1-19-32-30-31(56-37(49)28-16-14-13-15-17-28)20(2)35(53-24(6)45)41(30,57-27(9)48)38(55-26(8)47)40(12,58-32)29(50-21(3)42)18-39(10,11)36(54-25(7)46)34(52-23(5)44)33(19)51-22(4)43/h13-17,20,29-32,34-36,38H,18H2,1-12H3/b33-19+/t20-,29+,30-,31+,32-,34+,35+,36-,38-,40+,41+/m1/s1. The van der Waals surface area contributed by atoms with Gasteiger partial charge in [-0.05, 0) is 38.0 Å². The van der Waals surface area contributed by atoms with Gasteiger partial charge in [-0.2, -0.15) is 0 Å². The fourth-order valence-corrected chi connectivity index (χ4v) is 8.73. The van der Waals surface area contributed by atoms with Crippen molar-refractivity contribution in [2.45, 2.75) is 143 Å². The van der Waals surface area contributed by atoms with Crippen LogP contribution in [0.2, 0.25) is 0 Å². The highest BCUT2D eigenvalue weighted by molar-refractivity contribution is 5.89. The van der Waals surface area contributed by atoms with Crippen molar-refractivity contribution in [1.29, 1.82) is 0 Å². The first-order valence-corrected chi connectivity index (χ1v) is 18.8. The van der Waals surface area contributed by atoms with Gasteiger partial charge in [0.05, 0.1) is 17.6 Å². The van der Waals surface area contributed by atoms with E-state index < -0.39 is 119 Å². The molecule has 17 nitrogen and oxygen atoms in total. The fourth-order valence-electron chi connectivity index (χ4n) is 8.73. The molecule has 0 radical (unpaired) electrons. The lowest BCUT2D eigenvalue weighted by Crippen LogP contribution is -2.76. The van der Waals surface area contributed by atoms with Gasteiger partial charge in [-0.15, -0.1) is 0 Å². The molecule has 0 spiro atoms. The van der Waals surface area contributed by atoms with Crippen molar-refractivity contribution in [3.8, 4) is 0 Å². The van der Waals surface area contributed by atoms with Gasteiger partial charge in [-0.1, -0.05) is 39.0 Å². The van der Waals surface area contributed by atoms with Crippen LogP contribution in [0.15, 0.2) is 41.7 Å². The van der Waals surface area contributed by atoms with Gasteiger partial charge in [0.15, 0.2) is 35.8 Å². The third-order valence-electron chi connectivity index (χ3n) is 10.7. The Labute approximate surface area is 336 Å². The first kappa shape index (κ1) is 45.4. The summed E-state index contributed by atoms with van der Waals surface area (Å²) in [4.78, 5) is 106. The second-order valence-electron chi connectivity index (χ2n) is 15.8. The smallest absolute Gasteiger partial charge is 0.338 e. The SMILES string of the molecule is CC(=O)O/C1=C(\C)[C@H]2O[C@@](C)([C@@H](OC(C)=O)CC(C)(C)[C@H](OC(C)=O)[C@H]1OC(C)=O)[C@@H](OC(C)=O)[C@]1(OC(C)=O)[C@@H]2[C@@H](OC(=O)c2ccccc2)[C@@H](C)[C@@H]1OC(C)=O. The van der Waals surface area contributed by atoms with Gasteiger partial charge in [0.1, 0.15) is 17.8 Å². The average Bonchev–Trinajstić information content (AvgIpc) is 3.30. The van der Waals surface area contributed by atoms with Crippen LogP contribution in [0.1, 0.15) is 99.9 Å². The van der Waals surface area contributed by atoms with E-state index in [1.165, 1.54) is 26.0 Å². The molecule has 0 amide bonds. The first-order chi connectivity index (χ1) is 26.9. The molecule has 1 aliphatic carbocycles. The lowest BCUT2D eigenvalue weighted by atomic mass is 9.64. The number of hydrogen-bond acceptors (Lipinski definition) is 17. The summed E-state index contributed by atoms with van der Waals surface area (Å²) in [7, 11) is 0. The topological polar surface area (TPSA) is 220 Å². The molecule has 1 aromatic carbocycles. The Hall–Kier alpha value is -5.32. The van der Waals surface area contributed by atoms with Gasteiger partial charge in [-0.25, -0.2) is 4.79 Å². The summed E-state index contributed by atoms with van der Waals surface area (Å²) < 4.78 is 55.3. The minimum absolute atomic E-state index is 0.0386. The maximum absolute atomic E-state index is 13.9. The summed E-state index contributed by atoms with van der Waals surface area (Å²) in [6, 6.07) is 7.90. The van der Waals surface area contributed by atoms with E-state index in [9.17, 15) is 38.4 Å². The Morgan fingerprint density at radius 2 is 1.19 bits per heavy atom. The number of carbonyl (C=O) groups excluding carboxylic acids is 8. The van der Waals surface area contributed by atoms with Crippen molar-refractivity contribution in [3.63, 3.8) is 0 Å². The normalized spacial score (nSPS) is 33.8. The van der Waals surface area contributed by atoms with Gasteiger partial charge in [-0.3, -0.25) is 33.6 Å². The fraction of sp³-hybridized carbons (Fsp3) is 0.610. The zero-order valence-electron chi connectivity index (χ0n) is 34.7. The van der Waals surface area contributed by atoms with E-state index in [0.29, 0.717) is 0 Å². The molecule has 11 atom stereocenters. The zero-order valence-corrected chi connectivity index (χ0v) is 34.7. The van der Waals surface area contributed by atoms with E-state index in [1.54, 1.807) is 39.0 Å². The lowest BCUT2D eigenvalue weighted by molar-refractivity contribution is -0.325. The van der Waals surface area contributed by atoms with Crippen molar-refractivity contribution in [2.75, 3.05) is 0 Å². The summed E-state index contributed by atoms with van der Waals surface area (Å²) in [6.45, 7) is 15.3. The minimum Gasteiger partial charge on any atom is -0.459 e. The molecule has 318 valence electrons. The molecule has 2 bridgehead atoms. The third kappa shape index (κ3) is 9.03. The number of hydrogen-bond donors (Lipinski definition) is 0. The maximum atomic E-state index is 13.9. The molecule has 0 N–H and O–H groups in total. The molecule has 4 rings (SSSR count). The second kappa shape index (κ2) is 17.3. The van der Waals surface area contributed by atoms with Crippen molar-refractivity contribution in [1.82, 2.24) is 0 Å². The molecule has 0 aromatic heterocycles. The van der Waals surface area contributed by atoms with Crippen LogP contribution in [-0.4, -0.2) is 102 Å². The van der Waals surface area contributed by atoms with Crippen LogP contribution in [0.3, 0.4) is 0 Å². The number of carbonyl (C=O) groups is 8. The Balaban J connectivity index is 2.28. The number of fused-ring (bicyclic) bond motifs is 4. The zero-order chi connectivity index (χ0) is 43.7. The second-order valence-corrected chi connectivity index (χ2v) is 15.8. The highest BCUT2D eigenvalue weighted by Crippen LogP contribution is 2.60. The largest absolute Gasteiger partial charge is 0.459 e. The van der Waals surface area contributed by atoms with Gasteiger partial charge < -0.3 is 42.6 Å². The number of ether oxygens (including phenoxy) is 9. The summed E-state index contributed by atoms with van der Waals surface area (Å²) in [5.74, 6) is -9.90. The van der Waals surface area contributed by atoms with E-state index in [1.807, 2.05) is 0 Å². The van der Waals surface area contributed by atoms with Crippen LogP contribution in [0.25, 0.3) is 0 Å². The van der Waals surface area contributed by atoms with Crippen molar-refractivity contribution in [3.05, 3.63) is 47.2 Å². The van der Waals surface area contributed by atoms with Crippen LogP contribution in [-0.2, 0) is 76.2 Å². The van der Waals surface area contributed by atoms with Gasteiger partial charge in [0.25, 0.3) is 0 Å². The summed E-state index contributed by atoms with van der Waals surface area (Å²) >= 11 is 0. The van der Waals surface area contributed by atoms with Crippen LogP contribution in [0.5, 0.6) is 0 Å². The van der Waals surface area contributed by atoms with Crippen LogP contribution in [0.4, 0.5) is 0 Å². The molecule has 1 aromatic rings. The summed E-state index contributed by atoms with van der Waals surface area (Å²) in [5, 5.41) is 0. The quantitative estimate of drug-likeness (QED) is 0.255. The molecule has 2 fully saturated rings. The predicted molar refractivity (Wildman–Crippen MR) is 197 cm³/mol. The molecular weight excluding hydrogens is 764 g/mol. The number of esters is 8. The molecule has 2 heterocycles.